The van der Waals surface area contributed by atoms with E-state index in [1.807, 2.05) is 19.2 Å². The third kappa shape index (κ3) is 3.31. The minimum atomic E-state index is -0.149. The van der Waals surface area contributed by atoms with Gasteiger partial charge in [-0.15, -0.1) is 0 Å². The minimum absolute atomic E-state index is 0.0146. The Hall–Kier alpha value is -1.90. The summed E-state index contributed by atoms with van der Waals surface area (Å²) in [6.45, 7) is 1.45. The van der Waals surface area contributed by atoms with Crippen molar-refractivity contribution in [2.24, 2.45) is 5.92 Å². The van der Waals surface area contributed by atoms with E-state index in [-0.39, 0.29) is 17.9 Å². The van der Waals surface area contributed by atoms with Gasteiger partial charge in [-0.25, -0.2) is 0 Å². The lowest BCUT2D eigenvalue weighted by molar-refractivity contribution is -0.125. The fraction of sp³-hybridized carbons (Fsp3) is 0.429. The number of carbonyl (C=O) groups is 1. The number of ether oxygens (including phenoxy) is 1. The number of hydrogen-bond acceptors (Lipinski definition) is 4. The molecule has 1 fully saturated rings. The summed E-state index contributed by atoms with van der Waals surface area (Å²) < 4.78 is 5.30. The zero-order valence-electron chi connectivity index (χ0n) is 10.8. The van der Waals surface area contributed by atoms with E-state index >= 15 is 0 Å². The van der Waals surface area contributed by atoms with E-state index in [1.165, 1.54) is 0 Å². The number of benzene rings is 1. The Labute approximate surface area is 112 Å². The molecule has 2 rings (SSSR count). The molecule has 5 heteroatoms. The van der Waals surface area contributed by atoms with E-state index in [4.69, 9.17) is 10.00 Å². The third-order valence-electron chi connectivity index (χ3n) is 3.31. The second kappa shape index (κ2) is 6.32. The lowest BCUT2D eigenvalue weighted by Crippen LogP contribution is -2.42. The fourth-order valence-corrected chi connectivity index (χ4v) is 2.17. The fourth-order valence-electron chi connectivity index (χ4n) is 2.17. The summed E-state index contributed by atoms with van der Waals surface area (Å²) in [5.41, 5.74) is 1.52. The molecule has 19 heavy (non-hydrogen) atoms. The molecule has 1 saturated heterocycles. The summed E-state index contributed by atoms with van der Waals surface area (Å²) >= 11 is 0. The highest BCUT2D eigenvalue weighted by molar-refractivity contribution is 5.79. The Kier molecular flexibility index (Phi) is 4.50. The van der Waals surface area contributed by atoms with Crippen LogP contribution in [0.3, 0.4) is 0 Å². The van der Waals surface area contributed by atoms with Crippen LogP contribution >= 0.6 is 0 Å². The number of carbonyl (C=O) groups excluding carboxylic acids is 1. The predicted molar refractivity (Wildman–Crippen MR) is 70.2 cm³/mol. The SMILES string of the molecule is CNC1COCC1C(=O)NCc1cccc(C#N)c1. The maximum atomic E-state index is 12.0. The molecular formula is C14H17N3O2. The van der Waals surface area contributed by atoms with Crippen molar-refractivity contribution in [3.63, 3.8) is 0 Å². The monoisotopic (exact) mass is 259 g/mol. The summed E-state index contributed by atoms with van der Waals surface area (Å²) in [4.78, 5) is 12.0. The van der Waals surface area contributed by atoms with Crippen molar-refractivity contribution < 1.29 is 9.53 Å². The highest BCUT2D eigenvalue weighted by Crippen LogP contribution is 2.13. The molecule has 1 heterocycles. The molecule has 1 amide bonds. The molecule has 5 nitrogen and oxygen atoms in total. The second-order valence-electron chi connectivity index (χ2n) is 4.57. The van der Waals surface area contributed by atoms with Crippen LogP contribution in [0, 0.1) is 17.2 Å². The first-order valence-corrected chi connectivity index (χ1v) is 6.26. The van der Waals surface area contributed by atoms with Crippen molar-refractivity contribution >= 4 is 5.91 Å². The quantitative estimate of drug-likeness (QED) is 0.821. The van der Waals surface area contributed by atoms with Gasteiger partial charge in [0, 0.05) is 12.6 Å². The number of hydrogen-bond donors (Lipinski definition) is 2. The van der Waals surface area contributed by atoms with E-state index in [1.54, 1.807) is 12.1 Å². The van der Waals surface area contributed by atoms with Crippen molar-refractivity contribution in [1.82, 2.24) is 10.6 Å². The van der Waals surface area contributed by atoms with Crippen LogP contribution in [-0.4, -0.2) is 32.2 Å². The van der Waals surface area contributed by atoms with Crippen LogP contribution < -0.4 is 10.6 Å². The highest BCUT2D eigenvalue weighted by Gasteiger charge is 2.32. The van der Waals surface area contributed by atoms with Gasteiger partial charge < -0.3 is 15.4 Å². The number of likely N-dealkylation sites (N-methyl/N-ethyl adjacent to an activating group) is 1. The molecule has 0 radical (unpaired) electrons. The minimum Gasteiger partial charge on any atom is -0.379 e. The Morgan fingerprint density at radius 3 is 3.11 bits per heavy atom. The number of nitrogens with zero attached hydrogens (tertiary/aromatic N) is 1. The molecule has 0 saturated carbocycles. The molecule has 0 aliphatic carbocycles. The Morgan fingerprint density at radius 2 is 2.37 bits per heavy atom. The zero-order valence-corrected chi connectivity index (χ0v) is 10.8. The van der Waals surface area contributed by atoms with E-state index < -0.39 is 0 Å². The van der Waals surface area contributed by atoms with Crippen LogP contribution in [0.5, 0.6) is 0 Å². The first kappa shape index (κ1) is 13.5. The van der Waals surface area contributed by atoms with Crippen molar-refractivity contribution in [1.29, 1.82) is 5.26 Å². The summed E-state index contributed by atoms with van der Waals surface area (Å²) in [5, 5.41) is 14.8. The molecule has 1 aromatic rings. The van der Waals surface area contributed by atoms with Gasteiger partial charge in [0.05, 0.1) is 30.8 Å². The standard InChI is InChI=1S/C14H17N3O2/c1-16-13-9-19-8-12(13)14(18)17-7-11-4-2-3-10(5-11)6-15/h2-5,12-13,16H,7-9H2,1H3,(H,17,18). The maximum Gasteiger partial charge on any atom is 0.227 e. The summed E-state index contributed by atoms with van der Waals surface area (Å²) in [7, 11) is 1.83. The number of rotatable bonds is 4. The molecule has 2 N–H and O–H groups in total. The van der Waals surface area contributed by atoms with Gasteiger partial charge in [0.2, 0.25) is 5.91 Å². The van der Waals surface area contributed by atoms with Crippen LogP contribution in [0.4, 0.5) is 0 Å². The average molecular weight is 259 g/mol. The topological polar surface area (TPSA) is 74.2 Å². The molecule has 1 aliphatic heterocycles. The molecule has 1 aromatic carbocycles. The smallest absolute Gasteiger partial charge is 0.227 e. The molecule has 100 valence electrons. The van der Waals surface area contributed by atoms with Gasteiger partial charge in [0.25, 0.3) is 0 Å². The Bertz CT molecular complexity index is 496. The number of nitriles is 1. The van der Waals surface area contributed by atoms with Gasteiger partial charge in [0.1, 0.15) is 0 Å². The average Bonchev–Trinajstić information content (AvgIpc) is 2.93. The molecular weight excluding hydrogens is 242 g/mol. The van der Waals surface area contributed by atoms with Crippen molar-refractivity contribution in [2.75, 3.05) is 20.3 Å². The Balaban J connectivity index is 1.91. The van der Waals surface area contributed by atoms with Crippen molar-refractivity contribution in [3.8, 4) is 6.07 Å². The highest BCUT2D eigenvalue weighted by atomic mass is 16.5. The van der Waals surface area contributed by atoms with Crippen LogP contribution in [0.2, 0.25) is 0 Å². The lowest BCUT2D eigenvalue weighted by atomic mass is 10.0. The maximum absolute atomic E-state index is 12.0. The van der Waals surface area contributed by atoms with Gasteiger partial charge in [-0.05, 0) is 24.7 Å². The Morgan fingerprint density at radius 1 is 1.53 bits per heavy atom. The van der Waals surface area contributed by atoms with E-state index in [0.717, 1.165) is 5.56 Å². The molecule has 2 unspecified atom stereocenters. The molecule has 0 spiro atoms. The number of amides is 1. The first-order chi connectivity index (χ1) is 9.24. The second-order valence-corrected chi connectivity index (χ2v) is 4.57. The van der Waals surface area contributed by atoms with Gasteiger partial charge in [-0.2, -0.15) is 5.26 Å². The van der Waals surface area contributed by atoms with Crippen LogP contribution in [-0.2, 0) is 16.1 Å². The van der Waals surface area contributed by atoms with Gasteiger partial charge in [-0.3, -0.25) is 4.79 Å². The van der Waals surface area contributed by atoms with Crippen molar-refractivity contribution in [3.05, 3.63) is 35.4 Å². The lowest BCUT2D eigenvalue weighted by Gasteiger charge is -2.16. The van der Waals surface area contributed by atoms with Gasteiger partial charge in [0.15, 0.2) is 0 Å². The largest absolute Gasteiger partial charge is 0.379 e. The summed E-state index contributed by atoms with van der Waals surface area (Å²) in [6, 6.07) is 9.39. The molecule has 0 aromatic heterocycles. The first-order valence-electron chi connectivity index (χ1n) is 6.26. The van der Waals surface area contributed by atoms with Crippen LogP contribution in [0.1, 0.15) is 11.1 Å². The van der Waals surface area contributed by atoms with E-state index in [0.29, 0.717) is 25.3 Å². The van der Waals surface area contributed by atoms with Gasteiger partial charge >= 0.3 is 0 Å². The van der Waals surface area contributed by atoms with Crippen molar-refractivity contribution in [2.45, 2.75) is 12.6 Å². The van der Waals surface area contributed by atoms with E-state index in [2.05, 4.69) is 16.7 Å². The van der Waals surface area contributed by atoms with E-state index in [9.17, 15) is 4.79 Å². The molecule has 2 atom stereocenters. The van der Waals surface area contributed by atoms with Gasteiger partial charge in [-0.1, -0.05) is 12.1 Å². The summed E-state index contributed by atoms with van der Waals surface area (Å²) in [6.07, 6.45) is 0. The number of nitrogens with one attached hydrogen (secondary N) is 2. The summed E-state index contributed by atoms with van der Waals surface area (Å²) in [5.74, 6) is -0.164. The molecule has 0 bridgehead atoms. The van der Waals surface area contributed by atoms with Crippen LogP contribution in [0.25, 0.3) is 0 Å². The normalized spacial score (nSPS) is 21.9. The third-order valence-corrected chi connectivity index (χ3v) is 3.31. The molecule has 1 aliphatic rings. The zero-order chi connectivity index (χ0) is 13.7. The van der Waals surface area contributed by atoms with Crippen LogP contribution in [0.15, 0.2) is 24.3 Å². The predicted octanol–water partition coefficient (Wildman–Crippen LogP) is 0.409.